The van der Waals surface area contributed by atoms with E-state index in [0.717, 1.165) is 37.1 Å². The Kier molecular flexibility index (Phi) is 33.1. The predicted molar refractivity (Wildman–Crippen MR) is 324 cm³/mol. The zero-order chi connectivity index (χ0) is 65.9. The lowest BCUT2D eigenvalue weighted by molar-refractivity contribution is -0.122. The van der Waals surface area contributed by atoms with Gasteiger partial charge < -0.3 is 71.5 Å². The fourth-order valence-electron chi connectivity index (χ4n) is 7.54. The van der Waals surface area contributed by atoms with Gasteiger partial charge in [0.25, 0.3) is 11.8 Å². The summed E-state index contributed by atoms with van der Waals surface area (Å²) >= 11 is 0. The molecule has 90 heavy (non-hydrogen) atoms. The van der Waals surface area contributed by atoms with Crippen LogP contribution in [0, 0.1) is 23.3 Å². The Morgan fingerprint density at radius 1 is 0.444 bits per heavy atom. The van der Waals surface area contributed by atoms with Crippen LogP contribution in [0.1, 0.15) is 63.5 Å². The van der Waals surface area contributed by atoms with Crippen LogP contribution >= 0.6 is 0 Å². The number of aliphatic imine (C=N–C) groups is 2. The second-order valence-corrected chi connectivity index (χ2v) is 22.7. The molecule has 0 atom stereocenters. The number of carbonyl (C=O) groups is 4. The number of unbranched alkanes of at least 4 members (excludes halogenated alkanes) is 3. The van der Waals surface area contributed by atoms with Crippen molar-refractivity contribution in [2.24, 2.45) is 32.9 Å². The van der Waals surface area contributed by atoms with Gasteiger partial charge in [-0.2, -0.15) is 9.98 Å². The minimum absolute atomic E-state index is 0.00995. The Morgan fingerprint density at radius 3 is 1.03 bits per heavy atom. The molecule has 26 nitrogen and oxygen atoms in total. The van der Waals surface area contributed by atoms with E-state index in [-0.39, 0.29) is 135 Å². The SMILES string of the molecule is C/C(=C/c1cc(F)c(Oc2ccc(S(=O)(=O)NCCOCCOCCOCCNC(=O)CCCCCCC(=O)NCCOCCOCCOCCNS(=O)(=O)c3ccc(Oc4c(F)cc(/C=C(\C)C(=O)N=C(N)N)cc4F)cc3)cc2)c(F)c1)C(=O)N=C(N)N. The number of carbonyl (C=O) groups excluding carboxylic acids is 4. The molecule has 0 aromatic heterocycles. The summed E-state index contributed by atoms with van der Waals surface area (Å²) < 4.78 is 158. The molecule has 0 bridgehead atoms. The van der Waals surface area contributed by atoms with Crippen LogP contribution in [-0.4, -0.2) is 158 Å². The number of sulfonamides is 2. The van der Waals surface area contributed by atoms with E-state index >= 15 is 0 Å². The monoisotopic (exact) mass is 1310 g/mol. The van der Waals surface area contributed by atoms with Crippen LogP contribution in [0.5, 0.6) is 23.0 Å². The van der Waals surface area contributed by atoms with Crippen LogP contribution in [0.4, 0.5) is 17.6 Å². The third kappa shape index (κ3) is 29.1. The van der Waals surface area contributed by atoms with E-state index in [4.69, 9.17) is 60.8 Å². The normalized spacial score (nSPS) is 11.9. The summed E-state index contributed by atoms with van der Waals surface area (Å²) in [6, 6.07) is 13.5. The van der Waals surface area contributed by atoms with Crippen molar-refractivity contribution < 1.29 is 91.5 Å². The summed E-state index contributed by atoms with van der Waals surface area (Å²) in [4.78, 5) is 54.6. The van der Waals surface area contributed by atoms with Crippen molar-refractivity contribution in [2.45, 2.75) is 62.2 Å². The van der Waals surface area contributed by atoms with Crippen molar-refractivity contribution in [2.75, 3.05) is 105 Å². The summed E-state index contributed by atoms with van der Waals surface area (Å²) in [6.07, 6.45) is 6.01. The summed E-state index contributed by atoms with van der Waals surface area (Å²) in [7, 11) is -7.91. The molecule has 4 aromatic carbocycles. The molecule has 12 N–H and O–H groups in total. The number of ether oxygens (including phenoxy) is 8. The summed E-state index contributed by atoms with van der Waals surface area (Å²) in [5.41, 5.74) is 20.8. The van der Waals surface area contributed by atoms with Crippen LogP contribution in [0.3, 0.4) is 0 Å². The Bertz CT molecular complexity index is 3070. The number of nitrogens with zero attached hydrogens (tertiary/aromatic N) is 2. The van der Waals surface area contributed by atoms with Gasteiger partial charge in [0.15, 0.2) is 46.7 Å². The third-order valence-electron chi connectivity index (χ3n) is 11.9. The molecule has 0 aliphatic heterocycles. The summed E-state index contributed by atoms with van der Waals surface area (Å²) in [5, 5.41) is 5.59. The van der Waals surface area contributed by atoms with E-state index in [1.54, 1.807) is 0 Å². The summed E-state index contributed by atoms with van der Waals surface area (Å²) in [6.45, 7) is 5.95. The smallest absolute Gasteiger partial charge is 0.275 e. The molecule has 4 rings (SSSR count). The van der Waals surface area contributed by atoms with Crippen molar-refractivity contribution in [3.05, 3.63) is 118 Å². The molecule has 0 radical (unpaired) electrons. The molecule has 494 valence electrons. The molecule has 0 fully saturated rings. The van der Waals surface area contributed by atoms with Crippen LogP contribution < -0.4 is 52.5 Å². The summed E-state index contributed by atoms with van der Waals surface area (Å²) in [5.74, 6) is -8.56. The minimum Gasteiger partial charge on any atom is -0.451 e. The Balaban J connectivity index is 0.892. The lowest BCUT2D eigenvalue weighted by Crippen LogP contribution is -2.28. The zero-order valence-electron chi connectivity index (χ0n) is 49.7. The van der Waals surface area contributed by atoms with Crippen molar-refractivity contribution in [3.8, 4) is 23.0 Å². The quantitative estimate of drug-likeness (QED) is 0.0101. The van der Waals surface area contributed by atoms with Gasteiger partial charge in [-0.25, -0.2) is 43.8 Å². The number of guanidine groups is 2. The van der Waals surface area contributed by atoms with Crippen molar-refractivity contribution in [1.29, 1.82) is 0 Å². The van der Waals surface area contributed by atoms with Gasteiger partial charge in [0.05, 0.1) is 89.1 Å². The first-order valence-corrected chi connectivity index (χ1v) is 31.1. The van der Waals surface area contributed by atoms with Crippen LogP contribution in [0.25, 0.3) is 12.2 Å². The maximum atomic E-state index is 14.8. The largest absolute Gasteiger partial charge is 0.451 e. The van der Waals surface area contributed by atoms with Gasteiger partial charge in [-0.15, -0.1) is 0 Å². The van der Waals surface area contributed by atoms with Crippen LogP contribution in [-0.2, 0) is 67.6 Å². The first-order chi connectivity index (χ1) is 42.9. The molecule has 0 aliphatic rings. The van der Waals surface area contributed by atoms with Gasteiger partial charge in [0, 0.05) is 50.2 Å². The highest BCUT2D eigenvalue weighted by Gasteiger charge is 2.20. The Labute approximate surface area is 519 Å². The number of amides is 4. The predicted octanol–water partition coefficient (Wildman–Crippen LogP) is 4.16. The second kappa shape index (κ2) is 40.0. The fourth-order valence-corrected chi connectivity index (χ4v) is 9.56. The number of benzene rings is 4. The fraction of sp³-hybridized carbons (Fsp3) is 0.414. The van der Waals surface area contributed by atoms with Gasteiger partial charge >= 0.3 is 0 Å². The van der Waals surface area contributed by atoms with E-state index in [0.29, 0.717) is 52.0 Å². The molecule has 32 heteroatoms. The standard InChI is InChI=1S/C58H76F4N10O16S2/c1-39(55(75)71-57(63)64)33-41-35-47(59)53(48(60)36-41)87-43-9-13-45(14-10-43)89(77,78)69-19-23-83-27-31-85-29-25-81-21-17-67-51(73)7-5-3-4-6-8-52(74)68-18-22-82-26-30-86-32-28-84-24-20-70-90(79,80)46-15-11-44(12-16-46)88-54-49(61)37-42(38-50(54)62)34-40(2)56(76)72-58(65)66/h9-16,33-38,69-70H,3-8,17-32H2,1-2H3,(H,67,73)(H,68,74)(H4,63,64,71,75)(H4,65,66,72,76)/b39-33-,40-34+. The van der Waals surface area contributed by atoms with Crippen molar-refractivity contribution in [3.63, 3.8) is 0 Å². The zero-order valence-corrected chi connectivity index (χ0v) is 51.3. The number of hydrogen-bond acceptors (Lipinski definition) is 16. The van der Waals surface area contributed by atoms with Crippen molar-refractivity contribution in [1.82, 2.24) is 20.1 Å². The minimum atomic E-state index is -3.95. The lowest BCUT2D eigenvalue weighted by Gasteiger charge is -2.11. The molecule has 0 saturated carbocycles. The highest BCUT2D eigenvalue weighted by atomic mass is 32.2. The molecule has 0 aliphatic carbocycles. The number of halogens is 4. The molecule has 4 aromatic rings. The third-order valence-corrected chi connectivity index (χ3v) is 14.9. The van der Waals surface area contributed by atoms with Gasteiger partial charge in [-0.05, 0) is 123 Å². The molecule has 0 unspecified atom stereocenters. The van der Waals surface area contributed by atoms with E-state index in [2.05, 4.69) is 30.1 Å². The number of nitrogens with one attached hydrogen (secondary N) is 4. The topological polar surface area (TPSA) is 387 Å². The van der Waals surface area contributed by atoms with E-state index < -0.39 is 78.5 Å². The molecule has 0 heterocycles. The van der Waals surface area contributed by atoms with Gasteiger partial charge in [0.1, 0.15) is 11.5 Å². The first-order valence-electron chi connectivity index (χ1n) is 28.1. The molecular weight excluding hydrogens is 1230 g/mol. The van der Waals surface area contributed by atoms with Crippen molar-refractivity contribution >= 4 is 67.7 Å². The highest BCUT2D eigenvalue weighted by molar-refractivity contribution is 7.89. The molecule has 0 saturated heterocycles. The Hall–Kier alpha value is -7.92. The average molecular weight is 1310 g/mol. The maximum Gasteiger partial charge on any atom is 0.275 e. The van der Waals surface area contributed by atoms with E-state index in [1.807, 2.05) is 0 Å². The molecule has 4 amide bonds. The van der Waals surface area contributed by atoms with E-state index in [9.17, 15) is 53.6 Å². The second-order valence-electron chi connectivity index (χ2n) is 19.2. The average Bonchev–Trinajstić information content (AvgIpc) is 1.12. The van der Waals surface area contributed by atoms with Crippen LogP contribution in [0.15, 0.2) is 104 Å². The number of nitrogens with two attached hydrogens (primary N) is 4. The Morgan fingerprint density at radius 2 is 0.733 bits per heavy atom. The van der Waals surface area contributed by atoms with Gasteiger partial charge in [-0.1, -0.05) is 12.8 Å². The van der Waals surface area contributed by atoms with Gasteiger partial charge in [0.2, 0.25) is 31.9 Å². The molecule has 0 spiro atoms. The molecular formula is C58H76F4N10O16S2. The van der Waals surface area contributed by atoms with E-state index in [1.165, 1.54) is 74.5 Å². The first kappa shape index (κ1) is 74.5. The highest BCUT2D eigenvalue weighted by Crippen LogP contribution is 2.32. The van der Waals surface area contributed by atoms with Gasteiger partial charge in [-0.3, -0.25) is 19.2 Å². The van der Waals surface area contributed by atoms with Crippen LogP contribution in [0.2, 0.25) is 0 Å². The lowest BCUT2D eigenvalue weighted by atomic mass is 10.1. The number of rotatable bonds is 43. The number of hydrogen-bond donors (Lipinski definition) is 8. The maximum absolute atomic E-state index is 14.8.